The summed E-state index contributed by atoms with van der Waals surface area (Å²) in [6.45, 7) is 2.07. The minimum absolute atomic E-state index is 0.157. The van der Waals surface area contributed by atoms with Crippen molar-refractivity contribution in [3.63, 3.8) is 0 Å². The second kappa shape index (κ2) is 6.09. The van der Waals surface area contributed by atoms with Crippen LogP contribution in [0.5, 0.6) is 0 Å². The fourth-order valence-electron chi connectivity index (χ4n) is 1.69. The molecule has 0 radical (unpaired) electrons. The standard InChI is InChI=1S/C13H12Cl2N2S2/c1-7(11-4-5-12(15)19-11)17-8-2-3-9(13(16)18)10(14)6-8/h2-7,17H,1H3,(H2,16,18). The van der Waals surface area contributed by atoms with E-state index in [4.69, 9.17) is 41.2 Å². The van der Waals surface area contributed by atoms with Crippen LogP contribution in [-0.2, 0) is 0 Å². The van der Waals surface area contributed by atoms with Crippen molar-refractivity contribution >= 4 is 57.4 Å². The normalized spacial score (nSPS) is 12.2. The monoisotopic (exact) mass is 330 g/mol. The largest absolute Gasteiger partial charge is 0.389 e. The highest BCUT2D eigenvalue weighted by Gasteiger charge is 2.10. The van der Waals surface area contributed by atoms with Crippen LogP contribution in [0.25, 0.3) is 0 Å². The Morgan fingerprint density at radius 2 is 2.05 bits per heavy atom. The quantitative estimate of drug-likeness (QED) is 0.786. The zero-order valence-electron chi connectivity index (χ0n) is 10.1. The number of hydrogen-bond acceptors (Lipinski definition) is 3. The van der Waals surface area contributed by atoms with Gasteiger partial charge in [0.1, 0.15) is 4.99 Å². The third-order valence-electron chi connectivity index (χ3n) is 2.64. The molecule has 0 fully saturated rings. The van der Waals surface area contributed by atoms with Crippen LogP contribution >= 0.6 is 46.8 Å². The molecular weight excluding hydrogens is 319 g/mol. The Morgan fingerprint density at radius 3 is 2.58 bits per heavy atom. The Kier molecular flexibility index (Phi) is 4.68. The first-order valence-corrected chi connectivity index (χ1v) is 7.56. The van der Waals surface area contributed by atoms with Gasteiger partial charge in [0, 0.05) is 16.1 Å². The first-order chi connectivity index (χ1) is 8.97. The van der Waals surface area contributed by atoms with Crippen molar-refractivity contribution in [2.45, 2.75) is 13.0 Å². The SMILES string of the molecule is CC(Nc1ccc(C(N)=S)c(Cl)c1)c1ccc(Cl)s1. The number of nitrogens with one attached hydrogen (secondary N) is 1. The van der Waals surface area contributed by atoms with Crippen molar-refractivity contribution in [3.8, 4) is 0 Å². The van der Waals surface area contributed by atoms with Crippen molar-refractivity contribution in [3.05, 3.63) is 50.1 Å². The molecule has 0 saturated carbocycles. The second-order valence-corrected chi connectivity index (χ2v) is 6.66. The highest BCUT2D eigenvalue weighted by molar-refractivity contribution is 7.80. The van der Waals surface area contributed by atoms with E-state index >= 15 is 0 Å². The van der Waals surface area contributed by atoms with Gasteiger partial charge in [-0.05, 0) is 37.3 Å². The molecule has 2 nitrogen and oxygen atoms in total. The van der Waals surface area contributed by atoms with Crippen LogP contribution < -0.4 is 11.1 Å². The minimum Gasteiger partial charge on any atom is -0.389 e. The zero-order chi connectivity index (χ0) is 14.0. The molecule has 6 heteroatoms. The van der Waals surface area contributed by atoms with E-state index in [0.29, 0.717) is 15.6 Å². The maximum absolute atomic E-state index is 6.13. The lowest BCUT2D eigenvalue weighted by molar-refractivity contribution is 0.908. The van der Waals surface area contributed by atoms with Crippen LogP contribution in [0.1, 0.15) is 23.4 Å². The number of thiophene rings is 1. The van der Waals surface area contributed by atoms with Gasteiger partial charge in [-0.1, -0.05) is 35.4 Å². The molecule has 1 unspecified atom stereocenters. The minimum atomic E-state index is 0.157. The molecule has 19 heavy (non-hydrogen) atoms. The molecule has 3 N–H and O–H groups in total. The van der Waals surface area contributed by atoms with Gasteiger partial charge in [-0.25, -0.2) is 0 Å². The summed E-state index contributed by atoms with van der Waals surface area (Å²) in [5.74, 6) is 0. The molecule has 0 aliphatic rings. The van der Waals surface area contributed by atoms with Crippen LogP contribution in [0.2, 0.25) is 9.36 Å². The van der Waals surface area contributed by atoms with Crippen LogP contribution in [0.15, 0.2) is 30.3 Å². The number of hydrogen-bond donors (Lipinski definition) is 2. The number of nitrogens with two attached hydrogens (primary N) is 1. The zero-order valence-corrected chi connectivity index (χ0v) is 13.3. The van der Waals surface area contributed by atoms with E-state index in [0.717, 1.165) is 10.0 Å². The number of halogens is 2. The van der Waals surface area contributed by atoms with Crippen molar-refractivity contribution in [2.75, 3.05) is 5.32 Å². The molecule has 0 aliphatic heterocycles. The van der Waals surface area contributed by atoms with Crippen molar-refractivity contribution in [1.29, 1.82) is 0 Å². The number of thiocarbonyl (C=S) groups is 1. The van der Waals surface area contributed by atoms with Gasteiger partial charge in [0.15, 0.2) is 0 Å². The van der Waals surface area contributed by atoms with Crippen molar-refractivity contribution in [1.82, 2.24) is 0 Å². The summed E-state index contributed by atoms with van der Waals surface area (Å²) in [4.78, 5) is 1.47. The summed E-state index contributed by atoms with van der Waals surface area (Å²) in [5.41, 5.74) is 7.18. The maximum atomic E-state index is 6.13. The Hall–Kier alpha value is -0.810. The molecule has 0 amide bonds. The number of benzene rings is 1. The van der Waals surface area contributed by atoms with Gasteiger partial charge in [-0.15, -0.1) is 11.3 Å². The molecule has 0 aliphatic carbocycles. The molecule has 1 heterocycles. The lowest BCUT2D eigenvalue weighted by atomic mass is 10.2. The Bertz CT molecular complexity index is 610. The van der Waals surface area contributed by atoms with E-state index in [1.807, 2.05) is 30.3 Å². The summed E-state index contributed by atoms with van der Waals surface area (Å²) < 4.78 is 0.783. The maximum Gasteiger partial charge on any atom is 0.105 e. The Labute approximate surface area is 131 Å². The van der Waals surface area contributed by atoms with E-state index < -0.39 is 0 Å². The number of rotatable bonds is 4. The van der Waals surface area contributed by atoms with Gasteiger partial charge < -0.3 is 11.1 Å². The lowest BCUT2D eigenvalue weighted by Gasteiger charge is -2.14. The van der Waals surface area contributed by atoms with Gasteiger partial charge >= 0.3 is 0 Å². The molecule has 1 atom stereocenters. The average Bonchev–Trinajstić information content (AvgIpc) is 2.75. The first-order valence-electron chi connectivity index (χ1n) is 5.58. The Balaban J connectivity index is 2.15. The molecule has 100 valence electrons. The van der Waals surface area contributed by atoms with E-state index in [1.165, 1.54) is 4.88 Å². The molecule has 1 aromatic heterocycles. The molecule has 0 bridgehead atoms. The van der Waals surface area contributed by atoms with Crippen LogP contribution in [0.4, 0.5) is 5.69 Å². The average molecular weight is 331 g/mol. The molecule has 0 spiro atoms. The predicted octanol–water partition coefficient (Wildman–Crippen LogP) is 4.86. The topological polar surface area (TPSA) is 38.0 Å². The van der Waals surface area contributed by atoms with E-state index in [9.17, 15) is 0 Å². The summed E-state index contributed by atoms with van der Waals surface area (Å²) in [7, 11) is 0. The van der Waals surface area contributed by atoms with E-state index in [1.54, 1.807) is 11.3 Å². The highest BCUT2D eigenvalue weighted by Crippen LogP contribution is 2.30. The Morgan fingerprint density at radius 1 is 1.32 bits per heavy atom. The van der Waals surface area contributed by atoms with Gasteiger partial charge in [0.2, 0.25) is 0 Å². The smallest absolute Gasteiger partial charge is 0.105 e. The second-order valence-electron chi connectivity index (χ2n) is 4.07. The molecular formula is C13H12Cl2N2S2. The summed E-state index contributed by atoms with van der Waals surface area (Å²) in [5, 5.41) is 3.91. The molecule has 0 saturated heterocycles. The predicted molar refractivity (Wildman–Crippen MR) is 88.7 cm³/mol. The number of anilines is 1. The molecule has 2 aromatic rings. The van der Waals surface area contributed by atoms with Crippen LogP contribution in [0, 0.1) is 0 Å². The van der Waals surface area contributed by atoms with E-state index in [-0.39, 0.29) is 6.04 Å². The van der Waals surface area contributed by atoms with Crippen molar-refractivity contribution in [2.24, 2.45) is 5.73 Å². The van der Waals surface area contributed by atoms with Crippen molar-refractivity contribution < 1.29 is 0 Å². The van der Waals surface area contributed by atoms with Crippen LogP contribution in [0.3, 0.4) is 0 Å². The summed E-state index contributed by atoms with van der Waals surface area (Å²) in [6.07, 6.45) is 0. The van der Waals surface area contributed by atoms with E-state index in [2.05, 4.69) is 12.2 Å². The van der Waals surface area contributed by atoms with Gasteiger partial charge in [0.05, 0.1) is 15.4 Å². The van der Waals surface area contributed by atoms with Gasteiger partial charge in [-0.3, -0.25) is 0 Å². The van der Waals surface area contributed by atoms with Crippen LogP contribution in [-0.4, -0.2) is 4.99 Å². The third-order valence-corrected chi connectivity index (χ3v) is 4.58. The first kappa shape index (κ1) is 14.6. The fraction of sp³-hybridized carbons (Fsp3) is 0.154. The fourth-order valence-corrected chi connectivity index (χ4v) is 3.27. The van der Waals surface area contributed by atoms with Gasteiger partial charge in [-0.2, -0.15) is 0 Å². The summed E-state index contributed by atoms with van der Waals surface area (Å²) in [6, 6.07) is 9.61. The third kappa shape index (κ3) is 3.60. The molecule has 2 rings (SSSR count). The van der Waals surface area contributed by atoms with Gasteiger partial charge in [0.25, 0.3) is 0 Å². The lowest BCUT2D eigenvalue weighted by Crippen LogP contribution is -2.10. The molecule has 1 aromatic carbocycles. The highest BCUT2D eigenvalue weighted by atomic mass is 35.5. The summed E-state index contributed by atoms with van der Waals surface area (Å²) >= 11 is 18.5.